The van der Waals surface area contributed by atoms with E-state index < -0.39 is 5.66 Å². The number of carbonyl (C=O) groups is 1. The fraction of sp³-hybridized carbons (Fsp3) is 0.333. The van der Waals surface area contributed by atoms with Crippen molar-refractivity contribution in [3.8, 4) is 0 Å². The third kappa shape index (κ3) is 3.82. The Kier molecular flexibility index (Phi) is 5.46. The maximum atomic E-state index is 13.2. The van der Waals surface area contributed by atoms with E-state index in [1.165, 1.54) is 6.39 Å². The molecule has 8 heteroatoms. The Morgan fingerprint density at radius 2 is 2.17 bits per heavy atom. The first-order valence-corrected chi connectivity index (χ1v) is 10.6. The third-order valence-corrected chi connectivity index (χ3v) is 6.96. The number of hydrogen-bond acceptors (Lipinski definition) is 6. The Morgan fingerprint density at radius 1 is 1.41 bits per heavy atom. The molecule has 1 aliphatic heterocycles. The lowest BCUT2D eigenvalue weighted by Gasteiger charge is -2.46. The summed E-state index contributed by atoms with van der Waals surface area (Å²) >= 11 is 7.65. The predicted octanol–water partition coefficient (Wildman–Crippen LogP) is 3.95. The van der Waals surface area contributed by atoms with Crippen LogP contribution in [0, 0.1) is 0 Å². The lowest BCUT2D eigenvalue weighted by molar-refractivity contribution is -0.132. The first kappa shape index (κ1) is 20.1. The Balaban J connectivity index is 1.60. The van der Waals surface area contributed by atoms with Crippen LogP contribution in [0.1, 0.15) is 19.1 Å². The summed E-state index contributed by atoms with van der Waals surface area (Å²) in [5.41, 5.74) is 1.82. The van der Waals surface area contributed by atoms with Gasteiger partial charge in [0.05, 0.1) is 17.9 Å². The molecule has 2 heterocycles. The smallest absolute Gasteiger partial charge is 0.257 e. The summed E-state index contributed by atoms with van der Waals surface area (Å²) in [5.74, 6) is 1.28. The highest BCUT2D eigenvalue weighted by atomic mass is 35.5. The molecule has 0 spiro atoms. The van der Waals surface area contributed by atoms with Crippen molar-refractivity contribution in [1.29, 1.82) is 0 Å². The van der Waals surface area contributed by atoms with Crippen molar-refractivity contribution in [2.24, 2.45) is 0 Å². The minimum atomic E-state index is -0.532. The number of halogens is 1. The van der Waals surface area contributed by atoms with Gasteiger partial charge >= 0.3 is 0 Å². The van der Waals surface area contributed by atoms with Crippen molar-refractivity contribution in [1.82, 2.24) is 15.2 Å². The van der Waals surface area contributed by atoms with Gasteiger partial charge in [0.15, 0.2) is 12.2 Å². The second-order valence-corrected chi connectivity index (χ2v) is 8.78. The number of hydrogen-bond donors (Lipinski definition) is 1. The van der Waals surface area contributed by atoms with Crippen molar-refractivity contribution in [2.45, 2.75) is 30.0 Å². The van der Waals surface area contributed by atoms with Gasteiger partial charge < -0.3 is 19.4 Å². The van der Waals surface area contributed by atoms with E-state index in [1.807, 2.05) is 44.3 Å². The van der Waals surface area contributed by atoms with Gasteiger partial charge in [-0.3, -0.25) is 4.79 Å². The minimum absolute atomic E-state index is 0.0236. The zero-order valence-electron chi connectivity index (χ0n) is 16.4. The van der Waals surface area contributed by atoms with Crippen LogP contribution >= 0.6 is 23.4 Å². The molecule has 2 atom stereocenters. The van der Waals surface area contributed by atoms with Gasteiger partial charge in [0.2, 0.25) is 0 Å². The highest BCUT2D eigenvalue weighted by molar-refractivity contribution is 7.99. The van der Waals surface area contributed by atoms with E-state index in [9.17, 15) is 4.79 Å². The summed E-state index contributed by atoms with van der Waals surface area (Å²) in [6.45, 7) is 2.04. The Hall–Kier alpha value is -2.22. The Labute approximate surface area is 179 Å². The molecule has 0 saturated heterocycles. The maximum absolute atomic E-state index is 13.2. The van der Waals surface area contributed by atoms with Gasteiger partial charge in [0.1, 0.15) is 5.66 Å². The number of methoxy groups -OCH3 is 1. The molecule has 2 aromatic rings. The molecule has 0 radical (unpaired) electrons. The number of carbonyl (C=O) groups excluding carboxylic acids is 1. The predicted molar refractivity (Wildman–Crippen MR) is 113 cm³/mol. The first-order valence-electron chi connectivity index (χ1n) is 9.22. The van der Waals surface area contributed by atoms with Gasteiger partial charge in [-0.05, 0) is 37.3 Å². The SMILES string of the molecule is COC1CC2=C(C=C1c1cnco1)C(=O)N(C)C(C)(CSc1ccc(Cl)cc1)N2. The normalized spacial score (nSPS) is 24.3. The Morgan fingerprint density at radius 3 is 2.83 bits per heavy atom. The van der Waals surface area contributed by atoms with E-state index in [2.05, 4.69) is 10.3 Å². The molecule has 6 nitrogen and oxygen atoms in total. The lowest BCUT2D eigenvalue weighted by atomic mass is 9.89. The highest BCUT2D eigenvalue weighted by Crippen LogP contribution is 2.37. The van der Waals surface area contributed by atoms with Crippen molar-refractivity contribution in [2.75, 3.05) is 19.9 Å². The molecule has 0 bridgehead atoms. The van der Waals surface area contributed by atoms with Crippen LogP contribution in [0.4, 0.5) is 0 Å². The molecule has 2 aliphatic rings. The number of oxazole rings is 1. The molecule has 29 heavy (non-hydrogen) atoms. The topological polar surface area (TPSA) is 67.6 Å². The standard InChI is InChI=1S/C21H22ClN3O3S/c1-21(11-29-14-6-4-13(22)5-7-14)24-17-9-18(27-3)16(19-10-23-12-28-19)8-15(17)20(26)25(21)2/h4-8,10,12,18,24H,9,11H2,1-3H3. The zero-order valence-corrected chi connectivity index (χ0v) is 18.0. The minimum Gasteiger partial charge on any atom is -0.444 e. The summed E-state index contributed by atoms with van der Waals surface area (Å²) in [4.78, 5) is 20.1. The third-order valence-electron chi connectivity index (χ3n) is 5.39. The van der Waals surface area contributed by atoms with E-state index in [-0.39, 0.29) is 12.0 Å². The average Bonchev–Trinajstić information content (AvgIpc) is 3.26. The lowest BCUT2D eigenvalue weighted by Crippen LogP contribution is -2.62. The maximum Gasteiger partial charge on any atom is 0.257 e. The number of rotatable bonds is 5. The molecule has 4 rings (SSSR count). The molecule has 1 aliphatic carbocycles. The van der Waals surface area contributed by atoms with E-state index in [0.717, 1.165) is 16.2 Å². The van der Waals surface area contributed by atoms with Gasteiger partial charge in [-0.2, -0.15) is 0 Å². The molecular formula is C21H22ClN3O3S. The number of benzene rings is 1. The van der Waals surface area contributed by atoms with Crippen LogP contribution in [0.25, 0.3) is 5.57 Å². The van der Waals surface area contributed by atoms with Crippen LogP contribution in [0.2, 0.25) is 5.02 Å². The summed E-state index contributed by atoms with van der Waals surface area (Å²) in [5, 5.41) is 4.30. The molecular weight excluding hydrogens is 410 g/mol. The largest absolute Gasteiger partial charge is 0.444 e. The molecule has 1 N–H and O–H groups in total. The van der Waals surface area contributed by atoms with Crippen molar-refractivity contribution in [3.63, 3.8) is 0 Å². The first-order chi connectivity index (χ1) is 13.9. The van der Waals surface area contributed by atoms with Crippen molar-refractivity contribution >= 4 is 34.8 Å². The fourth-order valence-electron chi connectivity index (χ4n) is 3.55. The molecule has 0 fully saturated rings. The Bertz CT molecular complexity index is 972. The van der Waals surface area contributed by atoms with Gasteiger partial charge in [-0.25, -0.2) is 4.98 Å². The quantitative estimate of drug-likeness (QED) is 0.723. The molecule has 152 valence electrons. The van der Waals surface area contributed by atoms with Crippen LogP contribution in [-0.4, -0.2) is 47.5 Å². The number of aromatic nitrogens is 1. The average molecular weight is 432 g/mol. The summed E-state index contributed by atoms with van der Waals surface area (Å²) < 4.78 is 11.1. The van der Waals surface area contributed by atoms with Gasteiger partial charge in [-0.15, -0.1) is 11.8 Å². The van der Waals surface area contributed by atoms with E-state index >= 15 is 0 Å². The second kappa shape index (κ2) is 7.89. The number of nitrogens with one attached hydrogen (secondary N) is 1. The highest BCUT2D eigenvalue weighted by Gasteiger charge is 2.42. The van der Waals surface area contributed by atoms with E-state index in [4.69, 9.17) is 20.8 Å². The molecule has 2 unspecified atom stereocenters. The summed E-state index contributed by atoms with van der Waals surface area (Å²) in [7, 11) is 3.48. The summed E-state index contributed by atoms with van der Waals surface area (Å²) in [6, 6.07) is 7.71. The number of ether oxygens (including phenoxy) is 1. The van der Waals surface area contributed by atoms with Crippen molar-refractivity contribution in [3.05, 3.63) is 65.0 Å². The van der Waals surface area contributed by atoms with Crippen LogP contribution in [0.3, 0.4) is 0 Å². The number of thioether (sulfide) groups is 1. The van der Waals surface area contributed by atoms with Gasteiger partial charge in [0, 0.05) is 47.5 Å². The molecule has 1 amide bonds. The van der Waals surface area contributed by atoms with Crippen LogP contribution < -0.4 is 5.32 Å². The van der Waals surface area contributed by atoms with E-state index in [1.54, 1.807) is 30.0 Å². The van der Waals surface area contributed by atoms with Crippen LogP contribution in [-0.2, 0) is 9.53 Å². The second-order valence-electron chi connectivity index (χ2n) is 7.29. The summed E-state index contributed by atoms with van der Waals surface area (Å²) in [6.07, 6.45) is 5.23. The zero-order chi connectivity index (χ0) is 20.6. The van der Waals surface area contributed by atoms with Gasteiger partial charge in [0.25, 0.3) is 5.91 Å². The molecule has 1 aromatic heterocycles. The number of likely N-dealkylation sites (N-methyl/N-ethyl adjacent to an activating group) is 1. The number of nitrogens with zero attached hydrogens (tertiary/aromatic N) is 2. The monoisotopic (exact) mass is 431 g/mol. The van der Waals surface area contributed by atoms with Crippen LogP contribution in [0.15, 0.2) is 63.5 Å². The molecule has 1 aromatic carbocycles. The molecule has 0 saturated carbocycles. The van der Waals surface area contributed by atoms with E-state index in [0.29, 0.717) is 28.5 Å². The fourth-order valence-corrected chi connectivity index (χ4v) is 4.72. The van der Waals surface area contributed by atoms with Gasteiger partial charge in [-0.1, -0.05) is 11.6 Å². The van der Waals surface area contributed by atoms with Crippen molar-refractivity contribution < 1.29 is 13.9 Å². The van der Waals surface area contributed by atoms with Crippen LogP contribution in [0.5, 0.6) is 0 Å². The number of amides is 1.